The van der Waals surface area contributed by atoms with Gasteiger partial charge < -0.3 is 15.7 Å². The quantitative estimate of drug-likeness (QED) is 0.743. The van der Waals surface area contributed by atoms with E-state index in [4.69, 9.17) is 0 Å². The molecule has 1 fully saturated rings. The number of amides is 2. The topological polar surface area (TPSA) is 78.4 Å². The molecule has 0 aromatic carbocycles. The number of aliphatic carboxylic acids is 1. The molecular formula is C11H17BrN2O3. The van der Waals surface area contributed by atoms with E-state index in [1.165, 1.54) is 0 Å². The van der Waals surface area contributed by atoms with Crippen LogP contribution in [0.1, 0.15) is 32.1 Å². The van der Waals surface area contributed by atoms with E-state index in [1.54, 1.807) is 0 Å². The first-order valence-electron chi connectivity index (χ1n) is 5.59. The lowest BCUT2D eigenvalue weighted by Crippen LogP contribution is -2.58. The van der Waals surface area contributed by atoms with Crippen molar-refractivity contribution in [2.45, 2.75) is 37.6 Å². The molecule has 2 amide bonds. The fourth-order valence-electron chi connectivity index (χ4n) is 1.99. The molecule has 0 atom stereocenters. The molecule has 3 N–H and O–H groups in total. The highest BCUT2D eigenvalue weighted by Crippen LogP contribution is 2.28. The van der Waals surface area contributed by atoms with Gasteiger partial charge in [0.15, 0.2) is 0 Å². The van der Waals surface area contributed by atoms with Crippen LogP contribution < -0.4 is 10.6 Å². The highest BCUT2D eigenvalue weighted by atomic mass is 79.9. The van der Waals surface area contributed by atoms with Gasteiger partial charge in [-0.2, -0.15) is 0 Å². The van der Waals surface area contributed by atoms with E-state index in [-0.39, 0.29) is 6.54 Å². The average Bonchev–Trinajstić information content (AvgIpc) is 2.27. The van der Waals surface area contributed by atoms with Gasteiger partial charge in [-0.25, -0.2) is 9.59 Å². The van der Waals surface area contributed by atoms with Gasteiger partial charge in [-0.05, 0) is 12.8 Å². The summed E-state index contributed by atoms with van der Waals surface area (Å²) in [4.78, 5) is 22.9. The van der Waals surface area contributed by atoms with E-state index in [0.29, 0.717) is 17.3 Å². The molecule has 5 nitrogen and oxygen atoms in total. The second-order valence-electron chi connectivity index (χ2n) is 4.27. The fraction of sp³-hybridized carbons (Fsp3) is 0.636. The summed E-state index contributed by atoms with van der Waals surface area (Å²) >= 11 is 3.12. The Hall–Kier alpha value is -1.04. The Morgan fingerprint density at radius 1 is 1.29 bits per heavy atom. The molecule has 1 rings (SSSR count). The molecule has 6 heteroatoms. The van der Waals surface area contributed by atoms with Gasteiger partial charge in [0.25, 0.3) is 0 Å². The second-order valence-corrected chi connectivity index (χ2v) is 5.39. The number of hydrogen-bond donors (Lipinski definition) is 3. The van der Waals surface area contributed by atoms with Gasteiger partial charge in [-0.3, -0.25) is 0 Å². The Morgan fingerprint density at radius 3 is 2.35 bits per heavy atom. The minimum absolute atomic E-state index is 0.279. The minimum atomic E-state index is -1.10. The SMILES string of the molecule is C=C(Br)CNC(=O)NC1(C(=O)O)CCCCC1. The van der Waals surface area contributed by atoms with Crippen LogP contribution in [0.25, 0.3) is 0 Å². The summed E-state index contributed by atoms with van der Waals surface area (Å²) in [7, 11) is 0. The zero-order valence-corrected chi connectivity index (χ0v) is 11.2. The summed E-state index contributed by atoms with van der Waals surface area (Å²) < 4.78 is 0.640. The number of halogens is 1. The van der Waals surface area contributed by atoms with Gasteiger partial charge in [0.05, 0.1) is 6.54 Å². The molecule has 0 aromatic rings. The largest absolute Gasteiger partial charge is 0.480 e. The summed E-state index contributed by atoms with van der Waals surface area (Å²) in [6, 6.07) is -0.463. The van der Waals surface area contributed by atoms with Crippen molar-refractivity contribution in [2.24, 2.45) is 0 Å². The molecule has 0 unspecified atom stereocenters. The minimum Gasteiger partial charge on any atom is -0.480 e. The zero-order chi connectivity index (χ0) is 12.9. The third kappa shape index (κ3) is 4.03. The normalized spacial score (nSPS) is 18.2. The maximum absolute atomic E-state index is 11.6. The zero-order valence-electron chi connectivity index (χ0n) is 9.59. The number of carbonyl (C=O) groups is 2. The maximum Gasteiger partial charge on any atom is 0.329 e. The summed E-state index contributed by atoms with van der Waals surface area (Å²) in [5.74, 6) is -0.954. The van der Waals surface area contributed by atoms with Crippen molar-refractivity contribution in [2.75, 3.05) is 6.54 Å². The Kier molecular flexibility index (Phi) is 4.99. The van der Waals surface area contributed by atoms with Crippen LogP contribution in [0.5, 0.6) is 0 Å². The van der Waals surface area contributed by atoms with E-state index >= 15 is 0 Å². The Balaban J connectivity index is 2.57. The Bertz CT molecular complexity index is 325. The van der Waals surface area contributed by atoms with Gasteiger partial charge >= 0.3 is 12.0 Å². The lowest BCUT2D eigenvalue weighted by atomic mass is 9.82. The van der Waals surface area contributed by atoms with Crippen molar-refractivity contribution in [3.05, 3.63) is 11.1 Å². The molecule has 0 aromatic heterocycles. The van der Waals surface area contributed by atoms with Gasteiger partial charge in [0.1, 0.15) is 5.54 Å². The van der Waals surface area contributed by atoms with E-state index in [2.05, 4.69) is 33.1 Å². The summed E-state index contributed by atoms with van der Waals surface area (Å²) in [6.45, 7) is 3.86. The molecular weight excluding hydrogens is 288 g/mol. The van der Waals surface area contributed by atoms with Crippen LogP contribution in [0.4, 0.5) is 4.79 Å². The molecule has 0 aliphatic heterocycles. The second kappa shape index (κ2) is 6.05. The van der Waals surface area contributed by atoms with Crippen molar-refractivity contribution in [1.82, 2.24) is 10.6 Å². The number of urea groups is 1. The van der Waals surface area contributed by atoms with Crippen molar-refractivity contribution in [3.63, 3.8) is 0 Å². The van der Waals surface area contributed by atoms with Crippen molar-refractivity contribution >= 4 is 27.9 Å². The smallest absolute Gasteiger partial charge is 0.329 e. The predicted molar refractivity (Wildman–Crippen MR) is 68.1 cm³/mol. The van der Waals surface area contributed by atoms with Crippen LogP contribution in [0.3, 0.4) is 0 Å². The highest BCUT2D eigenvalue weighted by molar-refractivity contribution is 9.11. The summed E-state index contributed by atoms with van der Waals surface area (Å²) in [6.07, 6.45) is 3.67. The van der Waals surface area contributed by atoms with Gasteiger partial charge in [0.2, 0.25) is 0 Å². The van der Waals surface area contributed by atoms with Crippen molar-refractivity contribution < 1.29 is 14.7 Å². The molecule has 1 saturated carbocycles. The molecule has 1 aliphatic rings. The molecule has 0 spiro atoms. The Labute approximate surface area is 109 Å². The maximum atomic E-state index is 11.6. The number of carbonyl (C=O) groups excluding carboxylic acids is 1. The molecule has 1 aliphatic carbocycles. The molecule has 0 heterocycles. The van der Waals surface area contributed by atoms with Crippen LogP contribution in [0.2, 0.25) is 0 Å². The van der Waals surface area contributed by atoms with Crippen LogP contribution in [0, 0.1) is 0 Å². The number of nitrogens with one attached hydrogen (secondary N) is 2. The van der Waals surface area contributed by atoms with E-state index in [0.717, 1.165) is 19.3 Å². The number of carboxylic acid groups (broad SMARTS) is 1. The van der Waals surface area contributed by atoms with E-state index in [1.807, 2.05) is 0 Å². The van der Waals surface area contributed by atoms with Gasteiger partial charge in [-0.15, -0.1) is 0 Å². The third-order valence-electron chi connectivity index (χ3n) is 2.91. The van der Waals surface area contributed by atoms with Crippen LogP contribution in [-0.4, -0.2) is 29.2 Å². The van der Waals surface area contributed by atoms with Gasteiger partial charge in [0, 0.05) is 4.48 Å². The molecule has 0 saturated heterocycles. The molecule has 0 radical (unpaired) electrons. The van der Waals surface area contributed by atoms with Crippen molar-refractivity contribution in [3.8, 4) is 0 Å². The molecule has 0 bridgehead atoms. The third-order valence-corrected chi connectivity index (χ3v) is 3.19. The van der Waals surface area contributed by atoms with Crippen LogP contribution >= 0.6 is 15.9 Å². The lowest BCUT2D eigenvalue weighted by molar-refractivity contribution is -0.145. The fourth-order valence-corrected chi connectivity index (χ4v) is 2.13. The van der Waals surface area contributed by atoms with E-state index in [9.17, 15) is 14.7 Å². The first-order chi connectivity index (χ1) is 7.96. The number of rotatable bonds is 4. The number of hydrogen-bond acceptors (Lipinski definition) is 2. The monoisotopic (exact) mass is 304 g/mol. The standard InChI is InChI=1S/C11H17BrN2O3/c1-8(12)7-13-10(17)14-11(9(15)16)5-3-2-4-6-11/h1-7H2,(H,15,16)(H2,13,14,17). The highest BCUT2D eigenvalue weighted by Gasteiger charge is 2.40. The van der Waals surface area contributed by atoms with Crippen LogP contribution in [-0.2, 0) is 4.79 Å². The van der Waals surface area contributed by atoms with E-state index < -0.39 is 17.5 Å². The first kappa shape index (κ1) is 14.0. The summed E-state index contributed by atoms with van der Waals surface area (Å²) in [5.41, 5.74) is -1.10. The van der Waals surface area contributed by atoms with Crippen molar-refractivity contribution in [1.29, 1.82) is 0 Å². The van der Waals surface area contributed by atoms with Crippen LogP contribution in [0.15, 0.2) is 11.1 Å². The van der Waals surface area contributed by atoms with Gasteiger partial charge in [-0.1, -0.05) is 41.8 Å². The first-order valence-corrected chi connectivity index (χ1v) is 6.38. The molecule has 96 valence electrons. The number of carboxylic acids is 1. The lowest BCUT2D eigenvalue weighted by Gasteiger charge is -2.33. The average molecular weight is 305 g/mol. The predicted octanol–water partition coefficient (Wildman–Crippen LogP) is 1.98. The Morgan fingerprint density at radius 2 is 1.88 bits per heavy atom. The molecule has 17 heavy (non-hydrogen) atoms. The summed E-state index contributed by atoms with van der Waals surface area (Å²) in [5, 5.41) is 14.4.